The molecular weight excluding hydrogens is 282 g/mol. The molecule has 114 valence electrons. The van der Waals surface area contributed by atoms with Crippen molar-refractivity contribution in [3.05, 3.63) is 78.0 Å². The highest BCUT2D eigenvalue weighted by Crippen LogP contribution is 2.37. The van der Waals surface area contributed by atoms with Crippen LogP contribution in [0.25, 0.3) is 22.4 Å². The van der Waals surface area contributed by atoms with E-state index in [1.807, 2.05) is 24.3 Å². The highest BCUT2D eigenvalue weighted by molar-refractivity contribution is 5.74. The number of benzene rings is 2. The number of aliphatic hydroxyl groups excluding tert-OH is 1. The molecule has 1 aliphatic carbocycles. The minimum Gasteiger partial charge on any atom is -0.387 e. The third kappa shape index (κ3) is 2.66. The summed E-state index contributed by atoms with van der Waals surface area (Å²) in [6, 6.07) is 22.8. The number of nitrogens with zero attached hydrogens (tertiary/aromatic N) is 1. The van der Waals surface area contributed by atoms with Gasteiger partial charge in [-0.2, -0.15) is 0 Å². The van der Waals surface area contributed by atoms with Gasteiger partial charge in [0.25, 0.3) is 0 Å². The molecule has 2 nitrogen and oxygen atoms in total. The molecule has 1 aliphatic rings. The fourth-order valence-corrected chi connectivity index (χ4v) is 3.37. The van der Waals surface area contributed by atoms with Crippen LogP contribution in [0.3, 0.4) is 0 Å². The summed E-state index contributed by atoms with van der Waals surface area (Å²) in [4.78, 5) is 4.80. The van der Waals surface area contributed by atoms with E-state index >= 15 is 0 Å². The molecule has 0 saturated carbocycles. The fourth-order valence-electron chi connectivity index (χ4n) is 3.37. The number of fused-ring (bicyclic) bond motifs is 1. The van der Waals surface area contributed by atoms with Crippen LogP contribution in [0.4, 0.5) is 0 Å². The van der Waals surface area contributed by atoms with Crippen molar-refractivity contribution in [1.82, 2.24) is 4.98 Å². The Morgan fingerprint density at radius 2 is 1.52 bits per heavy atom. The van der Waals surface area contributed by atoms with Crippen molar-refractivity contribution in [2.75, 3.05) is 0 Å². The van der Waals surface area contributed by atoms with Gasteiger partial charge in [0.05, 0.1) is 17.5 Å². The first-order valence-electron chi connectivity index (χ1n) is 8.15. The lowest BCUT2D eigenvalue weighted by Crippen LogP contribution is -2.13. The molecule has 1 N–H and O–H groups in total. The Labute approximate surface area is 136 Å². The standard InChI is InChI=1S/C21H19NO/c23-20-13-7-12-17-18(15-8-3-1-4-9-15)14-19(22-21(17)20)16-10-5-2-6-11-16/h1-6,8-11,14,20,23H,7,12-13H2. The smallest absolute Gasteiger partial charge is 0.0963 e. The molecule has 3 aromatic rings. The van der Waals surface area contributed by atoms with E-state index in [-0.39, 0.29) is 0 Å². The summed E-state index contributed by atoms with van der Waals surface area (Å²) in [5.74, 6) is 0. The molecule has 0 aliphatic heterocycles. The minimum atomic E-state index is -0.454. The largest absolute Gasteiger partial charge is 0.387 e. The normalized spacial score (nSPS) is 16.8. The average Bonchev–Trinajstić information content (AvgIpc) is 2.63. The summed E-state index contributed by atoms with van der Waals surface area (Å²) in [7, 11) is 0. The lowest BCUT2D eigenvalue weighted by atomic mass is 9.87. The molecule has 0 saturated heterocycles. The fraction of sp³-hybridized carbons (Fsp3) is 0.190. The van der Waals surface area contributed by atoms with E-state index in [0.717, 1.165) is 36.2 Å². The number of aromatic nitrogens is 1. The van der Waals surface area contributed by atoms with Crippen LogP contribution in [0.5, 0.6) is 0 Å². The molecule has 1 aromatic heterocycles. The summed E-state index contributed by atoms with van der Waals surface area (Å²) in [6.07, 6.45) is 2.34. The molecule has 1 atom stereocenters. The molecule has 0 radical (unpaired) electrons. The summed E-state index contributed by atoms with van der Waals surface area (Å²) in [5, 5.41) is 10.4. The van der Waals surface area contributed by atoms with Gasteiger partial charge in [0.15, 0.2) is 0 Å². The van der Waals surface area contributed by atoms with Gasteiger partial charge < -0.3 is 5.11 Å². The maximum atomic E-state index is 10.4. The lowest BCUT2D eigenvalue weighted by molar-refractivity contribution is 0.152. The summed E-state index contributed by atoms with van der Waals surface area (Å²) in [5.41, 5.74) is 6.48. The molecule has 2 aromatic carbocycles. The second kappa shape index (κ2) is 5.98. The maximum Gasteiger partial charge on any atom is 0.0963 e. The van der Waals surface area contributed by atoms with Crippen molar-refractivity contribution >= 4 is 0 Å². The third-order valence-corrected chi connectivity index (χ3v) is 4.53. The SMILES string of the molecule is OC1CCCc2c(-c3ccccc3)cc(-c3ccccc3)nc21. The molecule has 0 amide bonds. The summed E-state index contributed by atoms with van der Waals surface area (Å²) in [6.45, 7) is 0. The van der Waals surface area contributed by atoms with Crippen LogP contribution < -0.4 is 0 Å². The predicted molar refractivity (Wildman–Crippen MR) is 93.0 cm³/mol. The molecule has 4 rings (SSSR count). The quantitative estimate of drug-likeness (QED) is 0.738. The number of hydrogen-bond acceptors (Lipinski definition) is 2. The van der Waals surface area contributed by atoms with Crippen LogP contribution in [-0.2, 0) is 6.42 Å². The Bertz CT molecular complexity index is 812. The topological polar surface area (TPSA) is 33.1 Å². The average molecular weight is 301 g/mol. The molecule has 1 heterocycles. The first-order valence-corrected chi connectivity index (χ1v) is 8.15. The molecule has 0 fully saturated rings. The predicted octanol–water partition coefficient (Wildman–Crippen LogP) is 4.79. The molecular formula is C21H19NO. The van der Waals surface area contributed by atoms with E-state index < -0.39 is 6.10 Å². The van der Waals surface area contributed by atoms with E-state index in [2.05, 4.69) is 42.5 Å². The van der Waals surface area contributed by atoms with Gasteiger partial charge in [-0.05, 0) is 42.0 Å². The second-order valence-corrected chi connectivity index (χ2v) is 6.06. The highest BCUT2D eigenvalue weighted by atomic mass is 16.3. The molecule has 2 heteroatoms. The van der Waals surface area contributed by atoms with E-state index in [0.29, 0.717) is 0 Å². The van der Waals surface area contributed by atoms with E-state index in [4.69, 9.17) is 4.98 Å². The number of aliphatic hydroxyl groups is 1. The van der Waals surface area contributed by atoms with Crippen LogP contribution in [0, 0.1) is 0 Å². The van der Waals surface area contributed by atoms with Crippen molar-refractivity contribution in [3.63, 3.8) is 0 Å². The Kier molecular flexibility index (Phi) is 3.68. The Morgan fingerprint density at radius 3 is 2.22 bits per heavy atom. The van der Waals surface area contributed by atoms with E-state index in [1.54, 1.807) is 0 Å². The van der Waals surface area contributed by atoms with Gasteiger partial charge in [0, 0.05) is 5.56 Å². The minimum absolute atomic E-state index is 0.454. The highest BCUT2D eigenvalue weighted by Gasteiger charge is 2.24. The van der Waals surface area contributed by atoms with Crippen LogP contribution in [-0.4, -0.2) is 10.1 Å². The van der Waals surface area contributed by atoms with Crippen molar-refractivity contribution < 1.29 is 5.11 Å². The molecule has 0 bridgehead atoms. The second-order valence-electron chi connectivity index (χ2n) is 6.06. The first kappa shape index (κ1) is 14.2. The summed E-state index contributed by atoms with van der Waals surface area (Å²) < 4.78 is 0. The van der Waals surface area contributed by atoms with Crippen LogP contribution >= 0.6 is 0 Å². The zero-order valence-electron chi connectivity index (χ0n) is 12.9. The first-order chi connectivity index (χ1) is 11.3. The Balaban J connectivity index is 1.95. The zero-order chi connectivity index (χ0) is 15.6. The summed E-state index contributed by atoms with van der Waals surface area (Å²) >= 11 is 0. The van der Waals surface area contributed by atoms with Crippen molar-refractivity contribution in [1.29, 1.82) is 0 Å². The van der Waals surface area contributed by atoms with Crippen molar-refractivity contribution in [3.8, 4) is 22.4 Å². The molecule has 23 heavy (non-hydrogen) atoms. The van der Waals surface area contributed by atoms with Gasteiger partial charge in [-0.3, -0.25) is 0 Å². The molecule has 1 unspecified atom stereocenters. The van der Waals surface area contributed by atoms with Crippen LogP contribution in [0.15, 0.2) is 66.7 Å². The van der Waals surface area contributed by atoms with Gasteiger partial charge in [0.1, 0.15) is 0 Å². The number of hydrogen-bond donors (Lipinski definition) is 1. The monoisotopic (exact) mass is 301 g/mol. The van der Waals surface area contributed by atoms with Crippen LogP contribution in [0.1, 0.15) is 30.2 Å². The van der Waals surface area contributed by atoms with Gasteiger partial charge in [-0.15, -0.1) is 0 Å². The lowest BCUT2D eigenvalue weighted by Gasteiger charge is -2.24. The Hall–Kier alpha value is -2.45. The maximum absolute atomic E-state index is 10.4. The van der Waals surface area contributed by atoms with Gasteiger partial charge in [-0.25, -0.2) is 4.98 Å². The van der Waals surface area contributed by atoms with E-state index in [9.17, 15) is 5.11 Å². The van der Waals surface area contributed by atoms with Crippen LogP contribution in [0.2, 0.25) is 0 Å². The Morgan fingerprint density at radius 1 is 0.870 bits per heavy atom. The number of pyridine rings is 1. The van der Waals surface area contributed by atoms with Gasteiger partial charge >= 0.3 is 0 Å². The number of rotatable bonds is 2. The van der Waals surface area contributed by atoms with Gasteiger partial charge in [0.2, 0.25) is 0 Å². The van der Waals surface area contributed by atoms with Gasteiger partial charge in [-0.1, -0.05) is 60.7 Å². The molecule has 0 spiro atoms. The third-order valence-electron chi connectivity index (χ3n) is 4.53. The zero-order valence-corrected chi connectivity index (χ0v) is 12.9. The van der Waals surface area contributed by atoms with Crippen molar-refractivity contribution in [2.45, 2.75) is 25.4 Å². The van der Waals surface area contributed by atoms with Crippen molar-refractivity contribution in [2.24, 2.45) is 0 Å². The van der Waals surface area contributed by atoms with E-state index in [1.165, 1.54) is 16.7 Å².